The van der Waals surface area contributed by atoms with Crippen LogP contribution in [0.3, 0.4) is 0 Å². The molecule has 0 saturated heterocycles. The first-order chi connectivity index (χ1) is 11.9. The molecular weight excluding hydrogens is 424 g/mol. The highest BCUT2D eigenvalue weighted by Crippen LogP contribution is 2.34. The Hall–Kier alpha value is -1.70. The molecule has 0 spiro atoms. The van der Waals surface area contributed by atoms with Crippen LogP contribution in [0.2, 0.25) is 5.02 Å². The van der Waals surface area contributed by atoms with Gasteiger partial charge in [-0.2, -0.15) is 5.10 Å². The minimum absolute atomic E-state index is 0.0104. The predicted molar refractivity (Wildman–Crippen MR) is 107 cm³/mol. The van der Waals surface area contributed by atoms with Gasteiger partial charge < -0.3 is 5.32 Å². The van der Waals surface area contributed by atoms with Gasteiger partial charge in [-0.05, 0) is 41.9 Å². The van der Waals surface area contributed by atoms with Crippen molar-refractivity contribution in [3.63, 3.8) is 0 Å². The van der Waals surface area contributed by atoms with Crippen LogP contribution in [0.5, 0.6) is 0 Å². The van der Waals surface area contributed by atoms with Gasteiger partial charge in [0.2, 0.25) is 0 Å². The molecule has 25 heavy (non-hydrogen) atoms. The molecule has 0 fully saturated rings. The lowest BCUT2D eigenvalue weighted by molar-refractivity contribution is 0.701. The van der Waals surface area contributed by atoms with Crippen LogP contribution in [0.1, 0.15) is 23.5 Å². The Morgan fingerprint density at radius 1 is 1.32 bits per heavy atom. The topological polar surface area (TPSA) is 59.8 Å². The first-order valence-electron chi connectivity index (χ1n) is 7.58. The molecule has 1 atom stereocenters. The van der Waals surface area contributed by atoms with Gasteiger partial charge in [0.05, 0.1) is 23.6 Å². The molecule has 0 radical (unpaired) electrons. The number of nitrogens with zero attached hydrogens (tertiary/aromatic N) is 3. The number of anilines is 1. The number of hydrogen-bond donors (Lipinski definition) is 1. The van der Waals surface area contributed by atoms with Crippen LogP contribution in [0, 0.1) is 6.92 Å². The van der Waals surface area contributed by atoms with E-state index in [-0.39, 0.29) is 11.6 Å². The van der Waals surface area contributed by atoms with E-state index in [4.69, 9.17) is 11.6 Å². The van der Waals surface area contributed by atoms with Crippen molar-refractivity contribution in [1.29, 1.82) is 0 Å². The summed E-state index contributed by atoms with van der Waals surface area (Å²) < 4.78 is 1.76. The second-order valence-electron chi connectivity index (χ2n) is 5.64. The molecule has 2 aromatic heterocycles. The molecule has 130 valence electrons. The van der Waals surface area contributed by atoms with E-state index in [1.54, 1.807) is 24.6 Å². The zero-order valence-corrected chi connectivity index (χ0v) is 17.0. The molecule has 1 N–H and O–H groups in total. The maximum atomic E-state index is 12.0. The maximum Gasteiger partial charge on any atom is 0.282 e. The molecule has 3 aromatic rings. The summed E-state index contributed by atoms with van der Waals surface area (Å²) in [6.07, 6.45) is 1.64. The summed E-state index contributed by atoms with van der Waals surface area (Å²) in [5.74, 6) is 0. The second-order valence-corrected chi connectivity index (χ2v) is 7.90. The van der Waals surface area contributed by atoms with Crippen LogP contribution in [0.25, 0.3) is 10.6 Å². The van der Waals surface area contributed by atoms with Crippen LogP contribution in [0.4, 0.5) is 5.69 Å². The first-order valence-corrected chi connectivity index (χ1v) is 9.57. The lowest BCUT2D eigenvalue weighted by Gasteiger charge is -2.15. The zero-order valence-electron chi connectivity index (χ0n) is 13.9. The van der Waals surface area contributed by atoms with Crippen molar-refractivity contribution in [3.8, 4) is 10.6 Å². The number of thiazole rings is 1. The molecule has 8 heteroatoms. The van der Waals surface area contributed by atoms with E-state index < -0.39 is 0 Å². The standard InChI is InChI=1S/C17H16BrClN4OS/c1-9(21-13-8-20-23(3)17(24)14(13)18)15-10(2)22-16(25-15)11-4-6-12(19)7-5-11/h4-9,21H,1-3H3. The third-order valence-corrected chi connectivity index (χ3v) is 6.17. The van der Waals surface area contributed by atoms with Crippen molar-refractivity contribution < 1.29 is 0 Å². The highest BCUT2D eigenvalue weighted by molar-refractivity contribution is 9.10. The largest absolute Gasteiger partial charge is 0.375 e. The van der Waals surface area contributed by atoms with Gasteiger partial charge in [0.1, 0.15) is 9.48 Å². The third kappa shape index (κ3) is 3.78. The molecule has 0 aliphatic heterocycles. The fraction of sp³-hybridized carbons (Fsp3) is 0.235. The highest BCUT2D eigenvalue weighted by Gasteiger charge is 2.17. The van der Waals surface area contributed by atoms with Gasteiger partial charge in [0.15, 0.2) is 0 Å². The van der Waals surface area contributed by atoms with Gasteiger partial charge in [-0.25, -0.2) is 9.67 Å². The molecule has 0 bridgehead atoms. The summed E-state index contributed by atoms with van der Waals surface area (Å²) in [5, 5.41) is 9.04. The van der Waals surface area contributed by atoms with E-state index in [1.165, 1.54) is 4.68 Å². The molecule has 0 saturated carbocycles. The van der Waals surface area contributed by atoms with Gasteiger partial charge in [-0.15, -0.1) is 11.3 Å². The average molecular weight is 440 g/mol. The van der Waals surface area contributed by atoms with Gasteiger partial charge in [0, 0.05) is 22.5 Å². The van der Waals surface area contributed by atoms with Gasteiger partial charge in [-0.1, -0.05) is 23.7 Å². The van der Waals surface area contributed by atoms with Crippen LogP contribution < -0.4 is 10.9 Å². The Balaban J connectivity index is 1.88. The van der Waals surface area contributed by atoms with Crippen molar-refractivity contribution >= 4 is 44.6 Å². The number of rotatable bonds is 4. The molecule has 5 nitrogen and oxygen atoms in total. The summed E-state index contributed by atoms with van der Waals surface area (Å²) in [6.45, 7) is 4.02. The van der Waals surface area contributed by atoms with E-state index in [1.807, 2.05) is 38.1 Å². The molecule has 2 heterocycles. The lowest BCUT2D eigenvalue weighted by Crippen LogP contribution is -2.22. The predicted octanol–water partition coefficient (Wildman–Crippen LogP) is 4.80. The monoisotopic (exact) mass is 438 g/mol. The zero-order chi connectivity index (χ0) is 18.1. The Morgan fingerprint density at radius 2 is 2.00 bits per heavy atom. The highest BCUT2D eigenvalue weighted by atomic mass is 79.9. The van der Waals surface area contributed by atoms with E-state index in [2.05, 4.69) is 31.3 Å². The van der Waals surface area contributed by atoms with Crippen molar-refractivity contribution in [3.05, 3.63) is 60.9 Å². The smallest absolute Gasteiger partial charge is 0.282 e. The van der Waals surface area contributed by atoms with E-state index in [9.17, 15) is 4.79 Å². The molecule has 0 aliphatic carbocycles. The number of benzene rings is 1. The Morgan fingerprint density at radius 3 is 2.68 bits per heavy atom. The van der Waals surface area contributed by atoms with Gasteiger partial charge in [-0.3, -0.25) is 4.79 Å². The summed E-state index contributed by atoms with van der Waals surface area (Å²) in [7, 11) is 1.62. The molecule has 0 aliphatic rings. The molecule has 1 unspecified atom stereocenters. The molecule has 0 amide bonds. The fourth-order valence-corrected chi connectivity index (χ4v) is 4.11. The van der Waals surface area contributed by atoms with Crippen LogP contribution in [0.15, 0.2) is 39.7 Å². The SMILES string of the molecule is Cc1nc(-c2ccc(Cl)cc2)sc1C(C)Nc1cnn(C)c(=O)c1Br. The van der Waals surface area contributed by atoms with Crippen LogP contribution in [-0.4, -0.2) is 14.8 Å². The van der Waals surface area contributed by atoms with Crippen molar-refractivity contribution in [2.24, 2.45) is 7.05 Å². The summed E-state index contributed by atoms with van der Waals surface area (Å²) in [4.78, 5) is 17.8. The Kier molecular flexibility index (Phi) is 5.27. The minimum atomic E-state index is -0.180. The fourth-order valence-electron chi connectivity index (χ4n) is 2.44. The summed E-state index contributed by atoms with van der Waals surface area (Å²) >= 11 is 10.9. The van der Waals surface area contributed by atoms with Crippen molar-refractivity contribution in [2.45, 2.75) is 19.9 Å². The minimum Gasteiger partial charge on any atom is -0.375 e. The third-order valence-electron chi connectivity index (χ3n) is 3.77. The van der Waals surface area contributed by atoms with Crippen LogP contribution in [-0.2, 0) is 7.05 Å². The van der Waals surface area contributed by atoms with E-state index >= 15 is 0 Å². The quantitative estimate of drug-likeness (QED) is 0.634. The van der Waals surface area contributed by atoms with E-state index in [0.717, 1.165) is 21.1 Å². The molecular formula is C17H16BrClN4OS. The Bertz CT molecular complexity index is 968. The first kappa shape index (κ1) is 18.1. The van der Waals surface area contributed by atoms with E-state index in [0.29, 0.717) is 15.2 Å². The number of aromatic nitrogens is 3. The molecule has 1 aromatic carbocycles. The summed E-state index contributed by atoms with van der Waals surface area (Å²) in [5.41, 5.74) is 2.48. The lowest BCUT2D eigenvalue weighted by atomic mass is 10.2. The number of halogens is 2. The number of aryl methyl sites for hydroxylation is 2. The van der Waals surface area contributed by atoms with Crippen molar-refractivity contribution in [2.75, 3.05) is 5.32 Å². The second kappa shape index (κ2) is 7.27. The molecule has 3 rings (SSSR count). The normalized spacial score (nSPS) is 12.2. The Labute approximate surface area is 162 Å². The maximum absolute atomic E-state index is 12.0. The van der Waals surface area contributed by atoms with Crippen molar-refractivity contribution in [1.82, 2.24) is 14.8 Å². The number of hydrogen-bond acceptors (Lipinski definition) is 5. The summed E-state index contributed by atoms with van der Waals surface area (Å²) in [6, 6.07) is 7.63. The van der Waals surface area contributed by atoms with Crippen LogP contribution >= 0.6 is 38.9 Å². The number of nitrogens with one attached hydrogen (secondary N) is 1. The van der Waals surface area contributed by atoms with Gasteiger partial charge in [0.25, 0.3) is 5.56 Å². The van der Waals surface area contributed by atoms with Gasteiger partial charge >= 0.3 is 0 Å². The average Bonchev–Trinajstić information content (AvgIpc) is 2.98.